The molecule has 0 spiro atoms. The van der Waals surface area contributed by atoms with Gasteiger partial charge in [0, 0.05) is 19.5 Å². The topological polar surface area (TPSA) is 35.2 Å². The van der Waals surface area contributed by atoms with Crippen molar-refractivity contribution in [1.29, 1.82) is 0 Å². The first-order valence-electron chi connectivity index (χ1n) is 5.56. The van der Waals surface area contributed by atoms with Crippen molar-refractivity contribution < 1.29 is 4.74 Å². The van der Waals surface area contributed by atoms with E-state index >= 15 is 0 Å². The molecule has 0 heterocycles. The Kier molecular flexibility index (Phi) is 4.90. The van der Waals surface area contributed by atoms with Crippen molar-refractivity contribution in [2.45, 2.75) is 6.04 Å². The molecule has 100 valence electrons. The second kappa shape index (κ2) is 6.27. The summed E-state index contributed by atoms with van der Waals surface area (Å²) in [6.45, 7) is 0. The van der Waals surface area contributed by atoms with Crippen molar-refractivity contribution in [2.75, 3.05) is 7.11 Å². The molecule has 0 radical (unpaired) electrons. The summed E-state index contributed by atoms with van der Waals surface area (Å²) in [7, 11) is 1.62. The molecule has 0 saturated carbocycles. The molecule has 1 atom stereocenters. The first kappa shape index (κ1) is 14.9. The summed E-state index contributed by atoms with van der Waals surface area (Å²) in [5, 5.41) is 0.639. The largest absolute Gasteiger partial charge is 0.496 e. The minimum Gasteiger partial charge on any atom is -0.496 e. The molecule has 0 bridgehead atoms. The van der Waals surface area contributed by atoms with E-state index in [9.17, 15) is 0 Å². The molecular formula is C14H12Br2ClNO. The summed E-state index contributed by atoms with van der Waals surface area (Å²) in [5.41, 5.74) is 8.15. The summed E-state index contributed by atoms with van der Waals surface area (Å²) >= 11 is 13.0. The van der Waals surface area contributed by atoms with Crippen molar-refractivity contribution in [1.82, 2.24) is 0 Å². The van der Waals surface area contributed by atoms with E-state index in [4.69, 9.17) is 22.1 Å². The lowest BCUT2D eigenvalue weighted by Gasteiger charge is -2.17. The Morgan fingerprint density at radius 2 is 1.74 bits per heavy atom. The summed E-state index contributed by atoms with van der Waals surface area (Å²) in [6, 6.07) is 11.1. The lowest BCUT2D eigenvalue weighted by molar-refractivity contribution is 0.408. The number of ether oxygens (including phenoxy) is 1. The Labute approximate surface area is 134 Å². The van der Waals surface area contributed by atoms with Crippen molar-refractivity contribution in [3.8, 4) is 5.75 Å². The van der Waals surface area contributed by atoms with Gasteiger partial charge in [-0.1, -0.05) is 43.5 Å². The first-order valence-corrected chi connectivity index (χ1v) is 7.52. The number of methoxy groups -OCH3 is 1. The van der Waals surface area contributed by atoms with Gasteiger partial charge in [-0.15, -0.1) is 0 Å². The van der Waals surface area contributed by atoms with Crippen LogP contribution in [0.25, 0.3) is 0 Å². The van der Waals surface area contributed by atoms with Crippen LogP contribution in [0.4, 0.5) is 0 Å². The molecule has 0 aliphatic carbocycles. The van der Waals surface area contributed by atoms with Gasteiger partial charge in [0.1, 0.15) is 5.75 Å². The van der Waals surface area contributed by atoms with Crippen LogP contribution in [0.15, 0.2) is 45.3 Å². The number of hydrogen-bond acceptors (Lipinski definition) is 2. The van der Waals surface area contributed by atoms with E-state index in [1.165, 1.54) is 0 Å². The van der Waals surface area contributed by atoms with Gasteiger partial charge in [-0.25, -0.2) is 0 Å². The number of halogens is 3. The van der Waals surface area contributed by atoms with Crippen molar-refractivity contribution in [3.63, 3.8) is 0 Å². The van der Waals surface area contributed by atoms with Gasteiger partial charge in [0.05, 0.1) is 13.2 Å². The molecule has 2 aromatic rings. The first-order chi connectivity index (χ1) is 9.01. The molecule has 2 aromatic carbocycles. The summed E-state index contributed by atoms with van der Waals surface area (Å²) in [4.78, 5) is 0. The number of benzene rings is 2. The van der Waals surface area contributed by atoms with Gasteiger partial charge in [-0.2, -0.15) is 0 Å². The Balaban J connectivity index is 2.48. The van der Waals surface area contributed by atoms with E-state index in [0.29, 0.717) is 5.02 Å². The van der Waals surface area contributed by atoms with E-state index < -0.39 is 0 Å². The Bertz CT molecular complexity index is 584. The van der Waals surface area contributed by atoms with Gasteiger partial charge >= 0.3 is 0 Å². The highest BCUT2D eigenvalue weighted by atomic mass is 79.9. The number of nitrogens with two attached hydrogens (primary N) is 1. The van der Waals surface area contributed by atoms with E-state index in [2.05, 4.69) is 31.9 Å². The van der Waals surface area contributed by atoms with Crippen molar-refractivity contribution >= 4 is 43.5 Å². The minimum atomic E-state index is -0.303. The van der Waals surface area contributed by atoms with Crippen LogP contribution in [0.1, 0.15) is 17.2 Å². The molecule has 0 saturated heterocycles. The fraction of sp³-hybridized carbons (Fsp3) is 0.143. The van der Waals surface area contributed by atoms with Crippen LogP contribution >= 0.6 is 43.5 Å². The van der Waals surface area contributed by atoms with Gasteiger partial charge in [0.25, 0.3) is 0 Å². The van der Waals surface area contributed by atoms with Crippen LogP contribution in [0, 0.1) is 0 Å². The SMILES string of the molecule is COc1ccc(Cl)cc1C(N)c1cc(Br)cc(Br)c1. The standard InChI is InChI=1S/C14H12Br2ClNO/c1-19-13-3-2-11(17)7-12(13)14(18)8-4-9(15)6-10(16)5-8/h2-7,14H,18H2,1H3. The van der Waals surface area contributed by atoms with Gasteiger partial charge in [-0.3, -0.25) is 0 Å². The third kappa shape index (κ3) is 3.51. The van der Waals surface area contributed by atoms with E-state index in [1.54, 1.807) is 13.2 Å². The predicted octanol–water partition coefficient (Wildman–Crippen LogP) is 4.92. The van der Waals surface area contributed by atoms with Gasteiger partial charge in [0.2, 0.25) is 0 Å². The zero-order valence-electron chi connectivity index (χ0n) is 10.2. The fourth-order valence-corrected chi connectivity index (χ4v) is 3.39. The maximum atomic E-state index is 6.32. The number of hydrogen-bond donors (Lipinski definition) is 1. The molecule has 0 amide bonds. The lowest BCUT2D eigenvalue weighted by atomic mass is 9.99. The molecule has 5 heteroatoms. The molecular weight excluding hydrogens is 393 g/mol. The zero-order valence-corrected chi connectivity index (χ0v) is 14.1. The highest BCUT2D eigenvalue weighted by Gasteiger charge is 2.15. The third-order valence-corrected chi connectivity index (χ3v) is 3.92. The Hall–Kier alpha value is -0.550. The normalized spacial score (nSPS) is 12.3. The smallest absolute Gasteiger partial charge is 0.124 e. The Morgan fingerprint density at radius 1 is 1.11 bits per heavy atom. The van der Waals surface area contributed by atoms with E-state index in [-0.39, 0.29) is 6.04 Å². The maximum absolute atomic E-state index is 6.32. The second-order valence-electron chi connectivity index (χ2n) is 4.07. The molecule has 0 fully saturated rings. The fourth-order valence-electron chi connectivity index (χ4n) is 1.88. The minimum absolute atomic E-state index is 0.303. The van der Waals surface area contributed by atoms with Crippen LogP contribution in [0.3, 0.4) is 0 Å². The Morgan fingerprint density at radius 3 is 2.32 bits per heavy atom. The molecule has 2 rings (SSSR count). The highest BCUT2D eigenvalue weighted by molar-refractivity contribution is 9.11. The maximum Gasteiger partial charge on any atom is 0.124 e. The van der Waals surface area contributed by atoms with Crippen LogP contribution in [-0.2, 0) is 0 Å². The quantitative estimate of drug-likeness (QED) is 0.787. The van der Waals surface area contributed by atoms with Gasteiger partial charge in [-0.05, 0) is 42.0 Å². The second-order valence-corrected chi connectivity index (χ2v) is 6.33. The summed E-state index contributed by atoms with van der Waals surface area (Å²) < 4.78 is 7.27. The van der Waals surface area contributed by atoms with Crippen molar-refractivity contribution in [3.05, 3.63) is 61.5 Å². The molecule has 19 heavy (non-hydrogen) atoms. The molecule has 2 nitrogen and oxygen atoms in total. The average molecular weight is 406 g/mol. The summed E-state index contributed by atoms with van der Waals surface area (Å²) in [5.74, 6) is 0.730. The average Bonchev–Trinajstić information content (AvgIpc) is 2.36. The van der Waals surface area contributed by atoms with E-state index in [0.717, 1.165) is 25.8 Å². The third-order valence-electron chi connectivity index (χ3n) is 2.77. The summed E-state index contributed by atoms with van der Waals surface area (Å²) in [6.07, 6.45) is 0. The zero-order chi connectivity index (χ0) is 14.0. The highest BCUT2D eigenvalue weighted by Crippen LogP contribution is 2.33. The lowest BCUT2D eigenvalue weighted by Crippen LogP contribution is -2.13. The molecule has 0 aromatic heterocycles. The van der Waals surface area contributed by atoms with E-state index in [1.807, 2.05) is 30.3 Å². The molecule has 2 N–H and O–H groups in total. The molecule has 0 aliphatic rings. The molecule has 0 aliphatic heterocycles. The monoisotopic (exact) mass is 403 g/mol. The van der Waals surface area contributed by atoms with Crippen LogP contribution < -0.4 is 10.5 Å². The van der Waals surface area contributed by atoms with Crippen LogP contribution in [-0.4, -0.2) is 7.11 Å². The van der Waals surface area contributed by atoms with Crippen LogP contribution in [0.5, 0.6) is 5.75 Å². The van der Waals surface area contributed by atoms with Gasteiger partial charge < -0.3 is 10.5 Å². The van der Waals surface area contributed by atoms with Crippen LogP contribution in [0.2, 0.25) is 5.02 Å². The predicted molar refractivity (Wildman–Crippen MR) is 85.9 cm³/mol. The number of rotatable bonds is 3. The van der Waals surface area contributed by atoms with Crippen molar-refractivity contribution in [2.24, 2.45) is 5.73 Å². The molecule has 1 unspecified atom stereocenters. The van der Waals surface area contributed by atoms with Gasteiger partial charge in [0.15, 0.2) is 0 Å².